The minimum absolute atomic E-state index is 0.00860. The van der Waals surface area contributed by atoms with E-state index >= 15 is 4.39 Å². The van der Waals surface area contributed by atoms with Crippen LogP contribution in [0, 0.1) is 28.6 Å². The van der Waals surface area contributed by atoms with Crippen molar-refractivity contribution in [2.45, 2.75) is 69.8 Å². The maximum Gasteiger partial charge on any atom is 0.220 e. The van der Waals surface area contributed by atoms with Gasteiger partial charge in [0, 0.05) is 31.0 Å². The van der Waals surface area contributed by atoms with E-state index in [4.69, 9.17) is 9.47 Å². The number of allylic oxidation sites excluding steroid dienone is 3. The zero-order chi connectivity index (χ0) is 23.9. The summed E-state index contributed by atoms with van der Waals surface area (Å²) in [6.07, 6.45) is 0.289. The summed E-state index contributed by atoms with van der Waals surface area (Å²) in [5, 5.41) is 34.1. The number of ketones is 2. The lowest BCUT2D eigenvalue weighted by Crippen LogP contribution is -2.71. The first-order valence-electron chi connectivity index (χ1n) is 11.2. The maximum absolute atomic E-state index is 17.1. The Morgan fingerprint density at radius 1 is 1.19 bits per heavy atom. The van der Waals surface area contributed by atoms with E-state index in [0.29, 0.717) is 6.42 Å². The van der Waals surface area contributed by atoms with Gasteiger partial charge in [-0.1, -0.05) is 19.9 Å². The van der Waals surface area contributed by atoms with Gasteiger partial charge in [-0.2, -0.15) is 0 Å². The molecule has 0 saturated heterocycles. The largest absolute Gasteiger partial charge is 0.390 e. The maximum atomic E-state index is 17.1. The Kier molecular flexibility index (Phi) is 5.39. The van der Waals surface area contributed by atoms with Crippen LogP contribution in [0.2, 0.25) is 0 Å². The molecule has 0 spiro atoms. The van der Waals surface area contributed by atoms with Gasteiger partial charge in [-0.05, 0) is 55.7 Å². The van der Waals surface area contributed by atoms with Crippen LogP contribution in [0.25, 0.3) is 0 Å². The number of rotatable bonds is 4. The number of hydrogen-bond donors (Lipinski definition) is 3. The van der Waals surface area contributed by atoms with Crippen molar-refractivity contribution in [1.82, 2.24) is 0 Å². The molecule has 178 valence electrons. The van der Waals surface area contributed by atoms with E-state index in [1.165, 1.54) is 32.4 Å². The zero-order valence-corrected chi connectivity index (χ0v) is 19.2. The molecule has 3 fully saturated rings. The smallest absolute Gasteiger partial charge is 0.220 e. The van der Waals surface area contributed by atoms with Crippen molar-refractivity contribution < 1.29 is 38.8 Å². The number of Topliss-reactive ketones (excluding diaryl/α,β-unsaturated/α-hetero) is 1. The van der Waals surface area contributed by atoms with E-state index < -0.39 is 64.1 Å². The molecule has 0 radical (unpaired) electrons. The average molecular weight is 453 g/mol. The van der Waals surface area contributed by atoms with E-state index in [9.17, 15) is 24.9 Å². The minimum atomic E-state index is -2.17. The second-order valence-corrected chi connectivity index (χ2v) is 10.5. The molecule has 3 saturated carbocycles. The van der Waals surface area contributed by atoms with Crippen LogP contribution in [-0.2, 0) is 19.1 Å². The molecule has 0 aromatic rings. The molecule has 32 heavy (non-hydrogen) atoms. The highest BCUT2D eigenvalue weighted by Gasteiger charge is 2.76. The monoisotopic (exact) mass is 452 g/mol. The summed E-state index contributed by atoms with van der Waals surface area (Å²) in [7, 11) is 2.61. The lowest BCUT2D eigenvalue weighted by Gasteiger charge is -2.63. The number of ether oxygens (including phenoxy) is 2. The number of aliphatic hydroxyl groups is 3. The third-order valence-corrected chi connectivity index (χ3v) is 9.27. The van der Waals surface area contributed by atoms with Crippen molar-refractivity contribution in [1.29, 1.82) is 0 Å². The highest BCUT2D eigenvalue weighted by molar-refractivity contribution is 6.01. The summed E-state index contributed by atoms with van der Waals surface area (Å²) >= 11 is 0. The number of halogens is 1. The van der Waals surface area contributed by atoms with Gasteiger partial charge in [0.1, 0.15) is 5.60 Å². The van der Waals surface area contributed by atoms with Gasteiger partial charge in [-0.15, -0.1) is 0 Å². The molecular weight excluding hydrogens is 419 g/mol. The van der Waals surface area contributed by atoms with Gasteiger partial charge in [0.05, 0.1) is 12.2 Å². The highest BCUT2D eigenvalue weighted by atomic mass is 19.1. The quantitative estimate of drug-likeness (QED) is 0.554. The number of methoxy groups -OCH3 is 2. The minimum Gasteiger partial charge on any atom is -0.390 e. The Labute approximate surface area is 187 Å². The Balaban J connectivity index is 1.83. The molecule has 4 aliphatic rings. The van der Waals surface area contributed by atoms with Gasteiger partial charge in [-0.3, -0.25) is 9.59 Å². The summed E-state index contributed by atoms with van der Waals surface area (Å²) in [6.45, 7) is 5.05. The Morgan fingerprint density at radius 3 is 2.41 bits per heavy atom. The first kappa shape index (κ1) is 23.7. The summed E-state index contributed by atoms with van der Waals surface area (Å²) in [5.41, 5.74) is -6.35. The molecule has 0 aromatic carbocycles. The van der Waals surface area contributed by atoms with Gasteiger partial charge < -0.3 is 24.8 Å². The summed E-state index contributed by atoms with van der Waals surface area (Å²) in [5.74, 6) is -2.84. The van der Waals surface area contributed by atoms with Crippen molar-refractivity contribution in [3.63, 3.8) is 0 Å². The van der Waals surface area contributed by atoms with Crippen LogP contribution in [0.1, 0.15) is 40.0 Å². The molecular formula is C24H33FO7. The van der Waals surface area contributed by atoms with Gasteiger partial charge >= 0.3 is 0 Å². The predicted octanol–water partition coefficient (Wildman–Crippen LogP) is 1.49. The number of hydrogen-bond acceptors (Lipinski definition) is 7. The van der Waals surface area contributed by atoms with Crippen molar-refractivity contribution in [2.75, 3.05) is 14.2 Å². The van der Waals surface area contributed by atoms with Crippen molar-refractivity contribution >= 4 is 11.6 Å². The Hall–Kier alpha value is -1.45. The van der Waals surface area contributed by atoms with Crippen LogP contribution in [0.4, 0.5) is 4.39 Å². The van der Waals surface area contributed by atoms with Crippen LogP contribution in [0.5, 0.6) is 0 Å². The van der Waals surface area contributed by atoms with Crippen molar-refractivity contribution in [2.24, 2.45) is 28.6 Å². The second-order valence-electron chi connectivity index (χ2n) is 10.5. The summed E-state index contributed by atoms with van der Waals surface area (Å²) in [4.78, 5) is 25.3. The summed E-state index contributed by atoms with van der Waals surface area (Å²) < 4.78 is 27.4. The lowest BCUT2D eigenvalue weighted by atomic mass is 9.44. The standard InChI is InChI=1S/C24H33FO7/c1-12-8-14-15-10-17(27)16-9-13(26)6-7-21(16,2)23(15,25)18(28)11-22(14,3)24(12,30)19(29)20(31-4)32-5/h6-7,9,12,14-15,17-18,20,27-28,30H,8,10-11H2,1-5H3/t12-,14+,15+,17-,18+,21+,22+,23+,24+/m1/s1. The van der Waals surface area contributed by atoms with E-state index in [0.717, 1.165) is 0 Å². The van der Waals surface area contributed by atoms with E-state index in [1.54, 1.807) is 20.8 Å². The van der Waals surface area contributed by atoms with E-state index in [1.807, 2.05) is 0 Å². The molecule has 4 rings (SSSR count). The molecule has 4 aliphatic carbocycles. The molecule has 0 bridgehead atoms. The summed E-state index contributed by atoms with van der Waals surface area (Å²) in [6, 6.07) is 0. The SMILES string of the molecule is COC(OC)C(=O)[C@@]1(O)[C@H](C)C[C@H]2[C@@H]3C[C@@H](O)C4=CC(=O)C=C[C@]4(C)[C@@]3(F)[C@@H](O)C[C@@]21C. The van der Waals surface area contributed by atoms with E-state index in [-0.39, 0.29) is 24.2 Å². The van der Waals surface area contributed by atoms with Crippen LogP contribution < -0.4 is 0 Å². The van der Waals surface area contributed by atoms with Gasteiger partial charge in [0.25, 0.3) is 0 Å². The molecule has 0 heterocycles. The number of fused-ring (bicyclic) bond motifs is 5. The van der Waals surface area contributed by atoms with Crippen LogP contribution in [0.3, 0.4) is 0 Å². The fourth-order valence-electron chi connectivity index (χ4n) is 7.60. The predicted molar refractivity (Wildman–Crippen MR) is 112 cm³/mol. The zero-order valence-electron chi connectivity index (χ0n) is 19.2. The fourth-order valence-corrected chi connectivity index (χ4v) is 7.60. The van der Waals surface area contributed by atoms with E-state index in [2.05, 4.69) is 0 Å². The van der Waals surface area contributed by atoms with Crippen molar-refractivity contribution in [3.05, 3.63) is 23.8 Å². The second kappa shape index (κ2) is 7.27. The first-order valence-corrected chi connectivity index (χ1v) is 11.2. The van der Waals surface area contributed by atoms with Crippen LogP contribution in [-0.4, -0.2) is 70.9 Å². The number of alkyl halides is 1. The van der Waals surface area contributed by atoms with Gasteiger partial charge in [0.15, 0.2) is 11.5 Å². The third kappa shape index (κ3) is 2.59. The van der Waals surface area contributed by atoms with Gasteiger partial charge in [0.2, 0.25) is 12.1 Å². The van der Waals surface area contributed by atoms with Crippen LogP contribution in [0.15, 0.2) is 23.8 Å². The molecule has 0 amide bonds. The topological polar surface area (TPSA) is 113 Å². The molecule has 8 heteroatoms. The average Bonchev–Trinajstić information content (AvgIpc) is 2.94. The Morgan fingerprint density at radius 2 is 1.81 bits per heavy atom. The normalized spacial score (nSPS) is 50.0. The molecule has 0 aromatic heterocycles. The highest BCUT2D eigenvalue weighted by Crippen LogP contribution is 2.70. The van der Waals surface area contributed by atoms with Crippen LogP contribution >= 0.6 is 0 Å². The number of carbonyl (C=O) groups excluding carboxylic acids is 2. The Bertz CT molecular complexity index is 897. The lowest BCUT2D eigenvalue weighted by molar-refractivity contribution is -0.233. The fraction of sp³-hybridized carbons (Fsp3) is 0.750. The van der Waals surface area contributed by atoms with Crippen molar-refractivity contribution in [3.8, 4) is 0 Å². The molecule has 3 N–H and O–H groups in total. The molecule has 7 nitrogen and oxygen atoms in total. The molecule has 9 atom stereocenters. The van der Waals surface area contributed by atoms with Gasteiger partial charge in [-0.25, -0.2) is 4.39 Å². The number of aliphatic hydroxyl groups excluding tert-OH is 2. The number of carbonyl (C=O) groups is 2. The first-order chi connectivity index (χ1) is 14.8. The molecule has 0 aliphatic heterocycles. The molecule has 0 unspecified atom stereocenters. The third-order valence-electron chi connectivity index (χ3n) is 9.27.